The average molecular weight is 265 g/mol. The highest BCUT2D eigenvalue weighted by Crippen LogP contribution is 2.24. The fraction of sp³-hybridized carbons (Fsp3) is 0.333. The highest BCUT2D eigenvalue weighted by atomic mass is 32.2. The molecule has 1 atom stereocenters. The summed E-state index contributed by atoms with van der Waals surface area (Å²) in [7, 11) is 0. The first-order valence-corrected chi connectivity index (χ1v) is 7.14. The van der Waals surface area contributed by atoms with Crippen LogP contribution in [0.15, 0.2) is 28.9 Å². The molecule has 1 aromatic heterocycles. The molecule has 0 amide bonds. The number of nitrogens with two attached hydrogens (primary N) is 1. The second-order valence-electron chi connectivity index (χ2n) is 4.05. The molecule has 1 aromatic carbocycles. The maximum Gasteiger partial charge on any atom is 0.169 e. The van der Waals surface area contributed by atoms with Gasteiger partial charge in [-0.05, 0) is 30.9 Å². The number of benzene rings is 1. The predicted octanol–water partition coefficient (Wildman–Crippen LogP) is 2.95. The SMILES string of the molecule is Cc1cc(C)cc(C(N)CSc2ncns2)c1. The molecule has 2 N–H and O–H groups in total. The van der Waals surface area contributed by atoms with Gasteiger partial charge < -0.3 is 5.73 Å². The fourth-order valence-electron chi connectivity index (χ4n) is 1.71. The smallest absolute Gasteiger partial charge is 0.169 e. The summed E-state index contributed by atoms with van der Waals surface area (Å²) in [5.41, 5.74) is 9.90. The van der Waals surface area contributed by atoms with Crippen LogP contribution in [0.4, 0.5) is 0 Å². The lowest BCUT2D eigenvalue weighted by molar-refractivity contribution is 0.828. The van der Waals surface area contributed by atoms with Gasteiger partial charge in [-0.25, -0.2) is 4.98 Å². The first kappa shape index (κ1) is 12.5. The number of nitrogens with zero attached hydrogens (tertiary/aromatic N) is 2. The van der Waals surface area contributed by atoms with Gasteiger partial charge in [-0.15, -0.1) is 0 Å². The lowest BCUT2D eigenvalue weighted by Gasteiger charge is -2.12. The maximum atomic E-state index is 6.18. The second kappa shape index (κ2) is 5.62. The molecule has 1 unspecified atom stereocenters. The van der Waals surface area contributed by atoms with E-state index in [2.05, 4.69) is 41.4 Å². The van der Waals surface area contributed by atoms with Crippen LogP contribution in [0.5, 0.6) is 0 Å². The van der Waals surface area contributed by atoms with Crippen molar-refractivity contribution in [2.24, 2.45) is 5.73 Å². The van der Waals surface area contributed by atoms with Crippen LogP contribution in [0, 0.1) is 13.8 Å². The Kier molecular flexibility index (Phi) is 4.15. The third-order valence-corrected chi connectivity index (χ3v) is 4.32. The Morgan fingerprint density at radius 2 is 2.00 bits per heavy atom. The molecule has 2 rings (SSSR count). The first-order chi connectivity index (χ1) is 8.15. The lowest BCUT2D eigenvalue weighted by Crippen LogP contribution is -2.13. The lowest BCUT2D eigenvalue weighted by atomic mass is 10.0. The van der Waals surface area contributed by atoms with E-state index in [9.17, 15) is 0 Å². The Hall–Kier alpha value is -0.910. The van der Waals surface area contributed by atoms with Gasteiger partial charge in [0.05, 0.1) is 0 Å². The Morgan fingerprint density at radius 1 is 1.29 bits per heavy atom. The Bertz CT molecular complexity index is 462. The van der Waals surface area contributed by atoms with Crippen LogP contribution in [0.3, 0.4) is 0 Å². The molecule has 0 saturated heterocycles. The highest BCUT2D eigenvalue weighted by molar-refractivity contribution is 8.00. The van der Waals surface area contributed by atoms with Crippen LogP contribution in [-0.4, -0.2) is 15.1 Å². The quantitative estimate of drug-likeness (QED) is 0.864. The van der Waals surface area contributed by atoms with E-state index < -0.39 is 0 Å². The topological polar surface area (TPSA) is 51.8 Å². The van der Waals surface area contributed by atoms with Crippen molar-refractivity contribution < 1.29 is 0 Å². The van der Waals surface area contributed by atoms with E-state index in [4.69, 9.17) is 5.73 Å². The largest absolute Gasteiger partial charge is 0.323 e. The summed E-state index contributed by atoms with van der Waals surface area (Å²) < 4.78 is 4.95. The standard InChI is InChI=1S/C12H15N3S2/c1-8-3-9(2)5-10(4-8)11(13)6-16-12-14-7-15-17-12/h3-5,7,11H,6,13H2,1-2H3. The minimum Gasteiger partial charge on any atom is -0.323 e. The third-order valence-electron chi connectivity index (χ3n) is 2.40. The van der Waals surface area contributed by atoms with Crippen LogP contribution < -0.4 is 5.73 Å². The molecule has 0 aliphatic heterocycles. The average Bonchev–Trinajstić information content (AvgIpc) is 2.77. The van der Waals surface area contributed by atoms with Gasteiger partial charge in [0.2, 0.25) is 0 Å². The van der Waals surface area contributed by atoms with Gasteiger partial charge in [0, 0.05) is 11.8 Å². The van der Waals surface area contributed by atoms with Crippen molar-refractivity contribution in [1.82, 2.24) is 9.36 Å². The van der Waals surface area contributed by atoms with E-state index in [0.717, 1.165) is 10.1 Å². The zero-order valence-electron chi connectivity index (χ0n) is 9.88. The van der Waals surface area contributed by atoms with Gasteiger partial charge in [0.25, 0.3) is 0 Å². The van der Waals surface area contributed by atoms with E-state index in [-0.39, 0.29) is 6.04 Å². The molecule has 90 valence electrons. The number of rotatable bonds is 4. The molecule has 0 aliphatic carbocycles. The number of thioether (sulfide) groups is 1. The Balaban J connectivity index is 2.01. The zero-order chi connectivity index (χ0) is 12.3. The van der Waals surface area contributed by atoms with Gasteiger partial charge in [0.1, 0.15) is 6.33 Å². The van der Waals surface area contributed by atoms with E-state index in [1.807, 2.05) is 0 Å². The molecule has 0 saturated carbocycles. The van der Waals surface area contributed by atoms with E-state index in [1.54, 1.807) is 18.1 Å². The molecular weight excluding hydrogens is 250 g/mol. The summed E-state index contributed by atoms with van der Waals surface area (Å²) in [5.74, 6) is 0.831. The molecule has 17 heavy (non-hydrogen) atoms. The summed E-state index contributed by atoms with van der Waals surface area (Å²) in [5, 5.41) is 0. The predicted molar refractivity (Wildman–Crippen MR) is 73.5 cm³/mol. The van der Waals surface area contributed by atoms with Gasteiger partial charge in [-0.2, -0.15) is 4.37 Å². The van der Waals surface area contributed by atoms with Crippen molar-refractivity contribution in [3.8, 4) is 0 Å². The summed E-state index contributed by atoms with van der Waals surface area (Å²) in [4.78, 5) is 4.13. The van der Waals surface area contributed by atoms with Gasteiger partial charge in [-0.1, -0.05) is 41.1 Å². The summed E-state index contributed by atoms with van der Waals surface area (Å²) in [6.45, 7) is 4.20. The number of aryl methyl sites for hydroxylation is 2. The molecule has 1 heterocycles. The zero-order valence-corrected chi connectivity index (χ0v) is 11.5. The Labute approximate surface area is 110 Å². The van der Waals surface area contributed by atoms with E-state index in [0.29, 0.717) is 0 Å². The van der Waals surface area contributed by atoms with E-state index >= 15 is 0 Å². The second-order valence-corrected chi connectivity index (χ2v) is 6.09. The van der Waals surface area contributed by atoms with Crippen LogP contribution >= 0.6 is 23.3 Å². The fourth-order valence-corrected chi connectivity index (χ4v) is 3.17. The minimum atomic E-state index is 0.0440. The van der Waals surface area contributed by atoms with Gasteiger partial charge >= 0.3 is 0 Å². The van der Waals surface area contributed by atoms with Crippen LogP contribution in [0.1, 0.15) is 22.7 Å². The van der Waals surface area contributed by atoms with Gasteiger partial charge in [-0.3, -0.25) is 0 Å². The number of hydrogen-bond donors (Lipinski definition) is 1. The molecule has 0 bridgehead atoms. The third kappa shape index (κ3) is 3.52. The minimum absolute atomic E-state index is 0.0440. The molecule has 0 spiro atoms. The molecule has 2 aromatic rings. The molecule has 0 radical (unpaired) electrons. The van der Waals surface area contributed by atoms with Crippen molar-refractivity contribution in [1.29, 1.82) is 0 Å². The van der Waals surface area contributed by atoms with E-state index in [1.165, 1.54) is 28.2 Å². The van der Waals surface area contributed by atoms with Crippen LogP contribution in [-0.2, 0) is 0 Å². The summed E-state index contributed by atoms with van der Waals surface area (Å²) >= 11 is 3.07. The van der Waals surface area contributed by atoms with Crippen molar-refractivity contribution in [3.05, 3.63) is 41.2 Å². The summed E-state index contributed by atoms with van der Waals surface area (Å²) in [6, 6.07) is 6.51. The van der Waals surface area contributed by atoms with Crippen LogP contribution in [0.25, 0.3) is 0 Å². The Morgan fingerprint density at radius 3 is 2.59 bits per heavy atom. The molecule has 0 aliphatic rings. The summed E-state index contributed by atoms with van der Waals surface area (Å²) in [6.07, 6.45) is 1.58. The van der Waals surface area contributed by atoms with Crippen molar-refractivity contribution in [2.75, 3.05) is 5.75 Å². The first-order valence-electron chi connectivity index (χ1n) is 5.38. The number of hydrogen-bond acceptors (Lipinski definition) is 5. The number of aromatic nitrogens is 2. The van der Waals surface area contributed by atoms with Crippen molar-refractivity contribution in [3.63, 3.8) is 0 Å². The van der Waals surface area contributed by atoms with Gasteiger partial charge in [0.15, 0.2) is 4.34 Å². The molecule has 3 nitrogen and oxygen atoms in total. The maximum absolute atomic E-state index is 6.18. The molecular formula is C12H15N3S2. The normalized spacial score (nSPS) is 12.6. The van der Waals surface area contributed by atoms with Crippen molar-refractivity contribution >= 4 is 23.3 Å². The van der Waals surface area contributed by atoms with Crippen LogP contribution in [0.2, 0.25) is 0 Å². The molecule has 0 fully saturated rings. The monoisotopic (exact) mass is 265 g/mol. The molecule has 5 heteroatoms. The van der Waals surface area contributed by atoms with Crippen molar-refractivity contribution in [2.45, 2.75) is 24.2 Å². The highest BCUT2D eigenvalue weighted by Gasteiger charge is 2.09.